The van der Waals surface area contributed by atoms with Gasteiger partial charge in [0.1, 0.15) is 17.7 Å². The van der Waals surface area contributed by atoms with Gasteiger partial charge in [-0.1, -0.05) is 49.7 Å². The Kier molecular flexibility index (Phi) is 6.08. The van der Waals surface area contributed by atoms with E-state index in [1.54, 1.807) is 24.3 Å². The molecule has 1 atom stereocenters. The first kappa shape index (κ1) is 19.3. The molecule has 5 nitrogen and oxygen atoms in total. The van der Waals surface area contributed by atoms with E-state index in [2.05, 4.69) is 10.3 Å². The quantitative estimate of drug-likeness (QED) is 0.618. The molecule has 0 aliphatic heterocycles. The maximum Gasteiger partial charge on any atom is 0.329 e. The number of nitrogens with one attached hydrogen (secondary N) is 1. The Labute approximate surface area is 166 Å². The van der Waals surface area contributed by atoms with Crippen LogP contribution in [0.15, 0.2) is 48.5 Å². The second-order valence-corrected chi connectivity index (χ2v) is 7.88. The maximum atomic E-state index is 12.5. The molecule has 27 heavy (non-hydrogen) atoms. The lowest BCUT2D eigenvalue weighted by atomic mass is 10.0. The summed E-state index contributed by atoms with van der Waals surface area (Å²) in [4.78, 5) is 29.4. The molecule has 0 bridgehead atoms. The molecule has 0 saturated heterocycles. The second kappa shape index (κ2) is 8.50. The number of thiazole rings is 1. The van der Waals surface area contributed by atoms with E-state index in [9.17, 15) is 9.59 Å². The Morgan fingerprint density at radius 1 is 1.15 bits per heavy atom. The van der Waals surface area contributed by atoms with Crippen molar-refractivity contribution in [3.8, 4) is 0 Å². The number of carbonyl (C=O) groups is 2. The van der Waals surface area contributed by atoms with Gasteiger partial charge in [-0.15, -0.1) is 11.3 Å². The monoisotopic (exact) mass is 402 g/mol. The molecule has 1 amide bonds. The molecule has 0 radical (unpaired) electrons. The zero-order chi connectivity index (χ0) is 19.4. The third kappa shape index (κ3) is 4.64. The van der Waals surface area contributed by atoms with Crippen molar-refractivity contribution in [3.05, 3.63) is 64.1 Å². The first-order valence-electron chi connectivity index (χ1n) is 8.52. The number of halogens is 1. The van der Waals surface area contributed by atoms with Gasteiger partial charge in [-0.2, -0.15) is 0 Å². The molecule has 140 valence electrons. The first-order valence-corrected chi connectivity index (χ1v) is 9.71. The zero-order valence-electron chi connectivity index (χ0n) is 14.9. The molecular weight excluding hydrogens is 384 g/mol. The van der Waals surface area contributed by atoms with Crippen LogP contribution in [0.2, 0.25) is 5.02 Å². The fourth-order valence-corrected chi connectivity index (χ4v) is 3.67. The van der Waals surface area contributed by atoms with Crippen LogP contribution in [0.5, 0.6) is 0 Å². The van der Waals surface area contributed by atoms with E-state index in [4.69, 9.17) is 16.3 Å². The van der Waals surface area contributed by atoms with Gasteiger partial charge in [-0.05, 0) is 30.2 Å². The Balaban J connectivity index is 1.66. The highest BCUT2D eigenvalue weighted by atomic mass is 35.5. The van der Waals surface area contributed by atoms with Crippen molar-refractivity contribution in [1.82, 2.24) is 10.3 Å². The minimum Gasteiger partial charge on any atom is -0.457 e. The molecule has 7 heteroatoms. The van der Waals surface area contributed by atoms with E-state index in [1.165, 1.54) is 11.3 Å². The fraction of sp³-hybridized carbons (Fsp3) is 0.250. The fourth-order valence-electron chi connectivity index (χ4n) is 2.57. The second-order valence-electron chi connectivity index (χ2n) is 6.36. The van der Waals surface area contributed by atoms with Crippen molar-refractivity contribution < 1.29 is 14.3 Å². The lowest BCUT2D eigenvalue weighted by Gasteiger charge is -2.21. The lowest BCUT2D eigenvalue weighted by molar-refractivity contribution is -0.148. The van der Waals surface area contributed by atoms with Crippen LogP contribution in [0.1, 0.15) is 29.2 Å². The average Bonchev–Trinajstić information content (AvgIpc) is 3.07. The molecule has 0 aliphatic rings. The van der Waals surface area contributed by atoms with Crippen LogP contribution in [0.3, 0.4) is 0 Å². The van der Waals surface area contributed by atoms with Crippen molar-refractivity contribution in [1.29, 1.82) is 0 Å². The molecule has 1 aromatic heterocycles. The predicted octanol–water partition coefficient (Wildman–Crippen LogP) is 4.45. The summed E-state index contributed by atoms with van der Waals surface area (Å²) >= 11 is 7.54. The molecule has 0 unspecified atom stereocenters. The highest BCUT2D eigenvalue weighted by molar-refractivity contribution is 7.18. The maximum absolute atomic E-state index is 12.5. The van der Waals surface area contributed by atoms with Gasteiger partial charge < -0.3 is 10.1 Å². The summed E-state index contributed by atoms with van der Waals surface area (Å²) in [6, 6.07) is 13.7. The Morgan fingerprint density at radius 2 is 1.85 bits per heavy atom. The molecule has 0 aliphatic carbocycles. The number of nitrogens with zero attached hydrogens (tertiary/aromatic N) is 1. The van der Waals surface area contributed by atoms with E-state index in [1.807, 2.05) is 38.1 Å². The number of amides is 1. The largest absolute Gasteiger partial charge is 0.457 e. The number of rotatable bonds is 6. The number of hydrogen-bond acceptors (Lipinski definition) is 5. The van der Waals surface area contributed by atoms with Crippen molar-refractivity contribution in [3.63, 3.8) is 0 Å². The van der Waals surface area contributed by atoms with Gasteiger partial charge >= 0.3 is 5.97 Å². The zero-order valence-corrected chi connectivity index (χ0v) is 16.5. The molecule has 3 aromatic rings. The van der Waals surface area contributed by atoms with Crippen molar-refractivity contribution in [2.75, 3.05) is 0 Å². The topological polar surface area (TPSA) is 68.3 Å². The van der Waals surface area contributed by atoms with Crippen LogP contribution in [0, 0.1) is 5.92 Å². The number of para-hydroxylation sites is 1. The van der Waals surface area contributed by atoms with Crippen LogP contribution in [-0.2, 0) is 16.1 Å². The molecule has 1 N–H and O–H groups in total. The number of fused-ring (bicyclic) bond motifs is 1. The molecule has 3 rings (SSSR count). The van der Waals surface area contributed by atoms with Crippen LogP contribution in [0.4, 0.5) is 0 Å². The summed E-state index contributed by atoms with van der Waals surface area (Å²) in [6.45, 7) is 3.76. The van der Waals surface area contributed by atoms with Gasteiger partial charge in [0.25, 0.3) is 5.91 Å². The molecule has 0 spiro atoms. The number of carbonyl (C=O) groups excluding carboxylic acids is 2. The predicted molar refractivity (Wildman–Crippen MR) is 107 cm³/mol. The third-order valence-electron chi connectivity index (χ3n) is 4.00. The van der Waals surface area contributed by atoms with Crippen LogP contribution in [-0.4, -0.2) is 22.9 Å². The summed E-state index contributed by atoms with van der Waals surface area (Å²) in [5.41, 5.74) is 1.20. The summed E-state index contributed by atoms with van der Waals surface area (Å²) in [7, 11) is 0. The number of hydrogen-bond donors (Lipinski definition) is 1. The summed E-state index contributed by atoms with van der Waals surface area (Å²) in [5, 5.41) is 3.77. The average molecular weight is 403 g/mol. The van der Waals surface area contributed by atoms with Gasteiger partial charge in [0.05, 0.1) is 20.8 Å². The Bertz CT molecular complexity index is 938. The van der Waals surface area contributed by atoms with Gasteiger partial charge in [-0.3, -0.25) is 4.79 Å². The van der Waals surface area contributed by atoms with E-state index in [0.717, 1.165) is 10.2 Å². The smallest absolute Gasteiger partial charge is 0.329 e. The first-order chi connectivity index (χ1) is 13.0. The number of esters is 1. The summed E-state index contributed by atoms with van der Waals surface area (Å²) in [5.74, 6) is -1.04. The normalized spacial score (nSPS) is 12.1. The van der Waals surface area contributed by atoms with Crippen LogP contribution < -0.4 is 5.32 Å². The number of aromatic nitrogens is 1. The highest BCUT2D eigenvalue weighted by Gasteiger charge is 2.27. The number of benzene rings is 2. The SMILES string of the molecule is CC(C)[C@H](NC(=O)c1ccccc1Cl)C(=O)OCc1nc2ccccc2s1. The molecular formula is C20H19ClN2O3S. The van der Waals surface area contributed by atoms with Crippen molar-refractivity contribution in [2.24, 2.45) is 5.92 Å². The Hall–Kier alpha value is -2.44. The van der Waals surface area contributed by atoms with Gasteiger partial charge in [0.15, 0.2) is 0 Å². The van der Waals surface area contributed by atoms with E-state index in [0.29, 0.717) is 15.6 Å². The summed E-state index contributed by atoms with van der Waals surface area (Å²) in [6.07, 6.45) is 0. The third-order valence-corrected chi connectivity index (χ3v) is 5.34. The highest BCUT2D eigenvalue weighted by Crippen LogP contribution is 2.22. The minimum atomic E-state index is -0.775. The standard InChI is InChI=1S/C20H19ClN2O3S/c1-12(2)18(23-19(24)13-7-3-4-8-14(13)21)20(25)26-11-17-22-15-9-5-6-10-16(15)27-17/h3-10,12,18H,11H2,1-2H3,(H,23,24)/t18-/m0/s1. The van der Waals surface area contributed by atoms with Crippen molar-refractivity contribution in [2.45, 2.75) is 26.5 Å². The molecule has 1 heterocycles. The van der Waals surface area contributed by atoms with Crippen molar-refractivity contribution >= 4 is 45.0 Å². The molecule has 0 fully saturated rings. The van der Waals surface area contributed by atoms with Crippen LogP contribution >= 0.6 is 22.9 Å². The lowest BCUT2D eigenvalue weighted by Crippen LogP contribution is -2.45. The molecule has 2 aromatic carbocycles. The minimum absolute atomic E-state index is 0.0728. The van der Waals surface area contributed by atoms with Gasteiger partial charge in [0, 0.05) is 0 Å². The Morgan fingerprint density at radius 3 is 2.56 bits per heavy atom. The van der Waals surface area contributed by atoms with E-state index in [-0.39, 0.29) is 12.5 Å². The van der Waals surface area contributed by atoms with Crippen LogP contribution in [0.25, 0.3) is 10.2 Å². The number of ether oxygens (including phenoxy) is 1. The van der Waals surface area contributed by atoms with Gasteiger partial charge in [0.2, 0.25) is 0 Å². The van der Waals surface area contributed by atoms with Gasteiger partial charge in [-0.25, -0.2) is 9.78 Å². The van der Waals surface area contributed by atoms with E-state index >= 15 is 0 Å². The summed E-state index contributed by atoms with van der Waals surface area (Å²) < 4.78 is 6.45. The molecule has 0 saturated carbocycles. The van der Waals surface area contributed by atoms with E-state index < -0.39 is 17.9 Å².